The molecule has 1 saturated heterocycles. The second kappa shape index (κ2) is 6.36. The Balaban J connectivity index is 1.73. The fraction of sp³-hybridized carbons (Fsp3) is 0.400. The van der Waals surface area contributed by atoms with Gasteiger partial charge in [0.15, 0.2) is 5.82 Å². The summed E-state index contributed by atoms with van der Waals surface area (Å²) in [5.74, 6) is 1.34. The monoisotopic (exact) mass is 320 g/mol. The van der Waals surface area contributed by atoms with Crippen molar-refractivity contribution in [3.05, 3.63) is 34.9 Å². The Labute approximate surface area is 133 Å². The van der Waals surface area contributed by atoms with Gasteiger partial charge in [0.25, 0.3) is 0 Å². The number of aromatic nitrogens is 2. The molecule has 0 atom stereocenters. The van der Waals surface area contributed by atoms with Crippen molar-refractivity contribution in [1.29, 1.82) is 0 Å². The molecular weight excluding hydrogens is 304 g/mol. The highest BCUT2D eigenvalue weighted by molar-refractivity contribution is 6.33. The lowest BCUT2D eigenvalue weighted by molar-refractivity contribution is -0.117. The first kappa shape index (κ1) is 14.8. The van der Waals surface area contributed by atoms with Crippen molar-refractivity contribution in [3.63, 3.8) is 0 Å². The van der Waals surface area contributed by atoms with Crippen molar-refractivity contribution in [1.82, 2.24) is 10.1 Å². The van der Waals surface area contributed by atoms with E-state index in [9.17, 15) is 4.79 Å². The Bertz CT molecular complexity index is 686. The van der Waals surface area contributed by atoms with E-state index in [1.54, 1.807) is 11.0 Å². The molecule has 1 fully saturated rings. The fourth-order valence-electron chi connectivity index (χ4n) is 2.42. The second-order valence-electron chi connectivity index (χ2n) is 5.12. The Hall–Kier alpha value is -2.08. The molecule has 0 aliphatic carbocycles. The maximum absolute atomic E-state index is 11.8. The maximum atomic E-state index is 11.8. The molecule has 1 amide bonds. The second-order valence-corrected chi connectivity index (χ2v) is 5.53. The highest BCUT2D eigenvalue weighted by Crippen LogP contribution is 2.30. The number of halogens is 1. The average molecular weight is 321 g/mol. The number of aryl methyl sites for hydroxylation is 1. The number of benzene rings is 1. The van der Waals surface area contributed by atoms with E-state index in [1.807, 2.05) is 19.1 Å². The average Bonchev–Trinajstić information content (AvgIpc) is 3.15. The molecule has 2 heterocycles. The fourth-order valence-corrected chi connectivity index (χ4v) is 2.60. The smallest absolute Gasteiger partial charge is 0.227 e. The lowest BCUT2D eigenvalue weighted by atomic mass is 10.2. The number of carbonyl (C=O) groups is 1. The van der Waals surface area contributed by atoms with Gasteiger partial charge in [-0.25, -0.2) is 0 Å². The Morgan fingerprint density at radius 1 is 1.45 bits per heavy atom. The van der Waals surface area contributed by atoms with Gasteiger partial charge in [-0.15, -0.1) is 0 Å². The molecule has 0 radical (unpaired) electrons. The largest absolute Gasteiger partial charge is 0.376 e. The van der Waals surface area contributed by atoms with E-state index in [0.717, 1.165) is 24.3 Å². The number of nitrogens with one attached hydrogen (secondary N) is 1. The quantitative estimate of drug-likeness (QED) is 0.917. The van der Waals surface area contributed by atoms with Gasteiger partial charge in [0, 0.05) is 25.1 Å². The first-order valence-electron chi connectivity index (χ1n) is 7.32. The zero-order valence-electron chi connectivity index (χ0n) is 12.3. The van der Waals surface area contributed by atoms with Gasteiger partial charge in [0.05, 0.1) is 17.3 Å². The molecule has 22 heavy (non-hydrogen) atoms. The van der Waals surface area contributed by atoms with Crippen molar-refractivity contribution in [2.24, 2.45) is 0 Å². The molecule has 2 aromatic rings. The minimum atomic E-state index is 0.152. The standard InChI is InChI=1S/C15H17ClN4O2/c1-2-14-18-13(19-22-14)9-17-12-8-10(5-6-11(12)16)20-7-3-4-15(20)21/h5-6,8,17H,2-4,7,9H2,1H3. The molecule has 1 aliphatic rings. The zero-order valence-corrected chi connectivity index (χ0v) is 13.1. The van der Waals surface area contributed by atoms with Crippen LogP contribution in [-0.4, -0.2) is 22.6 Å². The van der Waals surface area contributed by atoms with Crippen molar-refractivity contribution in [2.45, 2.75) is 32.7 Å². The summed E-state index contributed by atoms with van der Waals surface area (Å²) < 4.78 is 5.06. The number of amides is 1. The van der Waals surface area contributed by atoms with Crippen LogP contribution >= 0.6 is 11.6 Å². The van der Waals surface area contributed by atoms with Crippen molar-refractivity contribution >= 4 is 28.9 Å². The van der Waals surface area contributed by atoms with E-state index < -0.39 is 0 Å². The van der Waals surface area contributed by atoms with Crippen LogP contribution in [0.25, 0.3) is 0 Å². The third-order valence-electron chi connectivity index (χ3n) is 3.58. The summed E-state index contributed by atoms with van der Waals surface area (Å²) in [5.41, 5.74) is 1.61. The lowest BCUT2D eigenvalue weighted by Gasteiger charge is -2.17. The van der Waals surface area contributed by atoms with Gasteiger partial charge in [-0.2, -0.15) is 4.98 Å². The van der Waals surface area contributed by atoms with Crippen LogP contribution in [0.4, 0.5) is 11.4 Å². The highest BCUT2D eigenvalue weighted by atomic mass is 35.5. The Kier molecular flexibility index (Phi) is 4.29. The third kappa shape index (κ3) is 3.06. The molecular formula is C15H17ClN4O2. The van der Waals surface area contributed by atoms with Crippen LogP contribution in [0.5, 0.6) is 0 Å². The molecule has 1 aliphatic heterocycles. The summed E-state index contributed by atoms with van der Waals surface area (Å²) in [5, 5.41) is 7.67. The van der Waals surface area contributed by atoms with Gasteiger partial charge in [0.2, 0.25) is 11.8 Å². The highest BCUT2D eigenvalue weighted by Gasteiger charge is 2.22. The summed E-state index contributed by atoms with van der Waals surface area (Å²) in [6.45, 7) is 3.13. The summed E-state index contributed by atoms with van der Waals surface area (Å²) in [4.78, 5) is 17.8. The van der Waals surface area contributed by atoms with Crippen LogP contribution in [0.15, 0.2) is 22.7 Å². The minimum Gasteiger partial charge on any atom is -0.376 e. The molecule has 0 spiro atoms. The van der Waals surface area contributed by atoms with E-state index in [4.69, 9.17) is 16.1 Å². The van der Waals surface area contributed by atoms with Crippen molar-refractivity contribution in [2.75, 3.05) is 16.8 Å². The first-order chi connectivity index (χ1) is 10.7. The van der Waals surface area contributed by atoms with Crippen molar-refractivity contribution in [3.8, 4) is 0 Å². The van der Waals surface area contributed by atoms with Gasteiger partial charge in [0.1, 0.15) is 0 Å². The number of rotatable bonds is 5. The first-order valence-corrected chi connectivity index (χ1v) is 7.70. The summed E-state index contributed by atoms with van der Waals surface area (Å²) >= 11 is 6.21. The number of nitrogens with zero attached hydrogens (tertiary/aromatic N) is 3. The molecule has 1 aromatic heterocycles. The number of carbonyl (C=O) groups excluding carboxylic acids is 1. The van der Waals surface area contributed by atoms with E-state index >= 15 is 0 Å². The van der Waals surface area contributed by atoms with Gasteiger partial charge < -0.3 is 14.7 Å². The molecule has 6 nitrogen and oxygen atoms in total. The van der Waals surface area contributed by atoms with Gasteiger partial charge in [-0.3, -0.25) is 4.79 Å². The molecule has 3 rings (SSSR count). The van der Waals surface area contributed by atoms with E-state index in [0.29, 0.717) is 36.1 Å². The van der Waals surface area contributed by atoms with Crippen LogP contribution < -0.4 is 10.2 Å². The molecule has 0 bridgehead atoms. The SMILES string of the molecule is CCc1nc(CNc2cc(N3CCCC3=O)ccc2Cl)no1. The van der Waals surface area contributed by atoms with Crippen LogP contribution in [-0.2, 0) is 17.8 Å². The predicted molar refractivity (Wildman–Crippen MR) is 84.0 cm³/mol. The van der Waals surface area contributed by atoms with Crippen molar-refractivity contribution < 1.29 is 9.32 Å². The number of anilines is 2. The van der Waals surface area contributed by atoms with Crippen LogP contribution in [0, 0.1) is 0 Å². The summed E-state index contributed by atoms with van der Waals surface area (Å²) in [6.07, 6.45) is 2.21. The van der Waals surface area contributed by atoms with Crippen LogP contribution in [0.2, 0.25) is 5.02 Å². The number of hydrogen-bond donors (Lipinski definition) is 1. The third-order valence-corrected chi connectivity index (χ3v) is 3.91. The molecule has 7 heteroatoms. The molecule has 1 aromatic carbocycles. The van der Waals surface area contributed by atoms with Crippen LogP contribution in [0.1, 0.15) is 31.5 Å². The van der Waals surface area contributed by atoms with E-state index in [2.05, 4.69) is 15.5 Å². The Morgan fingerprint density at radius 3 is 3.00 bits per heavy atom. The molecule has 1 N–H and O–H groups in total. The van der Waals surface area contributed by atoms with E-state index in [1.165, 1.54) is 0 Å². The Morgan fingerprint density at radius 2 is 2.32 bits per heavy atom. The summed E-state index contributed by atoms with van der Waals surface area (Å²) in [7, 11) is 0. The lowest BCUT2D eigenvalue weighted by Crippen LogP contribution is -2.23. The maximum Gasteiger partial charge on any atom is 0.227 e. The molecule has 0 saturated carbocycles. The zero-order chi connectivity index (χ0) is 15.5. The van der Waals surface area contributed by atoms with E-state index in [-0.39, 0.29) is 5.91 Å². The van der Waals surface area contributed by atoms with Gasteiger partial charge in [-0.1, -0.05) is 23.7 Å². The van der Waals surface area contributed by atoms with Gasteiger partial charge in [-0.05, 0) is 24.6 Å². The minimum absolute atomic E-state index is 0.152. The van der Waals surface area contributed by atoms with Gasteiger partial charge >= 0.3 is 0 Å². The number of hydrogen-bond acceptors (Lipinski definition) is 5. The normalized spacial score (nSPS) is 14.6. The molecule has 116 valence electrons. The topological polar surface area (TPSA) is 71.3 Å². The summed E-state index contributed by atoms with van der Waals surface area (Å²) in [6, 6.07) is 5.53. The van der Waals surface area contributed by atoms with Crippen LogP contribution in [0.3, 0.4) is 0 Å². The predicted octanol–water partition coefficient (Wildman–Crippen LogP) is 3.02. The molecule has 0 unspecified atom stereocenters.